The first-order valence-electron chi connectivity index (χ1n) is 4.61. The standard InChI is InChI=1S/C13H10.H3N/c1-3-7-12-10(5-1)9-11-6-2-4-8-13(11)12;/h1-8H,9H2;1H3. The summed E-state index contributed by atoms with van der Waals surface area (Å²) in [5.74, 6) is 0. The van der Waals surface area contributed by atoms with Crippen LogP contribution in [0.5, 0.6) is 0 Å². The predicted molar refractivity (Wildman–Crippen MR) is 59.7 cm³/mol. The molecule has 0 unspecified atom stereocenters. The van der Waals surface area contributed by atoms with Crippen molar-refractivity contribution in [2.24, 2.45) is 0 Å². The van der Waals surface area contributed by atoms with E-state index in [1.165, 1.54) is 22.3 Å². The first-order valence-corrected chi connectivity index (χ1v) is 4.61. The van der Waals surface area contributed by atoms with Gasteiger partial charge in [-0.1, -0.05) is 48.5 Å². The second-order valence-electron chi connectivity index (χ2n) is 3.49. The Bertz CT molecular complexity index is 417. The van der Waals surface area contributed by atoms with Crippen LogP contribution >= 0.6 is 0 Å². The van der Waals surface area contributed by atoms with E-state index >= 15 is 0 Å². The van der Waals surface area contributed by atoms with Crippen molar-refractivity contribution >= 4 is 0 Å². The topological polar surface area (TPSA) is 35.0 Å². The SMILES string of the molecule is N.c1ccc2c(c1)Cc1ccccc1-2. The number of rotatable bonds is 0. The van der Waals surface area contributed by atoms with Crippen LogP contribution in [0.1, 0.15) is 11.1 Å². The second-order valence-corrected chi connectivity index (χ2v) is 3.49. The van der Waals surface area contributed by atoms with E-state index < -0.39 is 0 Å². The van der Waals surface area contributed by atoms with E-state index in [1.54, 1.807) is 0 Å². The van der Waals surface area contributed by atoms with Gasteiger partial charge < -0.3 is 6.15 Å². The normalized spacial score (nSPS) is 11.4. The smallest absolute Gasteiger partial charge is 0.00135 e. The van der Waals surface area contributed by atoms with Gasteiger partial charge in [0.25, 0.3) is 0 Å². The molecule has 0 bridgehead atoms. The van der Waals surface area contributed by atoms with Crippen LogP contribution in [0.3, 0.4) is 0 Å². The van der Waals surface area contributed by atoms with Crippen molar-refractivity contribution < 1.29 is 0 Å². The molecule has 2 aromatic rings. The fourth-order valence-electron chi connectivity index (χ4n) is 2.08. The molecule has 2 aromatic carbocycles. The monoisotopic (exact) mass is 183 g/mol. The first-order chi connectivity index (χ1) is 6.45. The molecule has 1 aliphatic rings. The lowest BCUT2D eigenvalue weighted by molar-refractivity contribution is 1.26. The third-order valence-electron chi connectivity index (χ3n) is 2.71. The zero-order valence-corrected chi connectivity index (χ0v) is 8.03. The molecule has 0 fully saturated rings. The van der Waals surface area contributed by atoms with Gasteiger partial charge in [0.05, 0.1) is 0 Å². The van der Waals surface area contributed by atoms with Crippen LogP contribution in [-0.2, 0) is 6.42 Å². The van der Waals surface area contributed by atoms with E-state index in [-0.39, 0.29) is 6.15 Å². The van der Waals surface area contributed by atoms with Gasteiger partial charge in [-0.3, -0.25) is 0 Å². The highest BCUT2D eigenvalue weighted by Gasteiger charge is 2.15. The Labute approximate surface area is 84.0 Å². The Morgan fingerprint density at radius 3 is 1.57 bits per heavy atom. The molecule has 0 atom stereocenters. The minimum atomic E-state index is 0. The summed E-state index contributed by atoms with van der Waals surface area (Å²) in [7, 11) is 0. The lowest BCUT2D eigenvalue weighted by Crippen LogP contribution is -1.77. The second kappa shape index (κ2) is 3.28. The molecule has 0 aromatic heterocycles. The summed E-state index contributed by atoms with van der Waals surface area (Å²) < 4.78 is 0. The molecule has 0 spiro atoms. The number of fused-ring (bicyclic) bond motifs is 3. The molecule has 0 amide bonds. The molecule has 1 heteroatoms. The highest BCUT2D eigenvalue weighted by Crippen LogP contribution is 2.35. The lowest BCUT2D eigenvalue weighted by Gasteiger charge is -1.98. The van der Waals surface area contributed by atoms with Crippen LogP contribution in [0.25, 0.3) is 11.1 Å². The average molecular weight is 183 g/mol. The maximum absolute atomic E-state index is 2.22. The van der Waals surface area contributed by atoms with Crippen molar-refractivity contribution in [1.29, 1.82) is 0 Å². The van der Waals surface area contributed by atoms with Crippen LogP contribution in [0.2, 0.25) is 0 Å². The Morgan fingerprint density at radius 2 is 1.07 bits per heavy atom. The molecule has 0 heterocycles. The van der Waals surface area contributed by atoms with E-state index in [0.717, 1.165) is 6.42 Å². The van der Waals surface area contributed by atoms with Gasteiger partial charge in [0.2, 0.25) is 0 Å². The summed E-state index contributed by atoms with van der Waals surface area (Å²) in [6.07, 6.45) is 1.10. The fraction of sp³-hybridized carbons (Fsp3) is 0.0769. The number of hydrogen-bond donors (Lipinski definition) is 1. The van der Waals surface area contributed by atoms with Crippen molar-refractivity contribution in [3.63, 3.8) is 0 Å². The lowest BCUT2D eigenvalue weighted by atomic mass is 10.1. The molecule has 0 aliphatic heterocycles. The molecular formula is C13H13N. The van der Waals surface area contributed by atoms with Crippen LogP contribution in [0.4, 0.5) is 0 Å². The van der Waals surface area contributed by atoms with Crippen LogP contribution < -0.4 is 6.15 Å². The van der Waals surface area contributed by atoms with Crippen molar-refractivity contribution in [1.82, 2.24) is 6.15 Å². The molecule has 0 saturated carbocycles. The Balaban J connectivity index is 0.000000750. The maximum Gasteiger partial charge on any atom is -0.00135 e. The largest absolute Gasteiger partial charge is 0.344 e. The molecule has 1 nitrogen and oxygen atoms in total. The average Bonchev–Trinajstić information content (AvgIpc) is 2.56. The van der Waals surface area contributed by atoms with Crippen LogP contribution in [-0.4, -0.2) is 0 Å². The van der Waals surface area contributed by atoms with E-state index in [4.69, 9.17) is 0 Å². The Morgan fingerprint density at radius 1 is 0.643 bits per heavy atom. The fourth-order valence-corrected chi connectivity index (χ4v) is 2.08. The van der Waals surface area contributed by atoms with E-state index in [2.05, 4.69) is 48.5 Å². The Hall–Kier alpha value is -1.60. The van der Waals surface area contributed by atoms with E-state index in [0.29, 0.717) is 0 Å². The predicted octanol–water partition coefficient (Wildman–Crippen LogP) is 3.42. The molecular weight excluding hydrogens is 170 g/mol. The highest BCUT2D eigenvalue weighted by molar-refractivity contribution is 5.76. The highest BCUT2D eigenvalue weighted by atomic mass is 14.2. The van der Waals surface area contributed by atoms with Gasteiger partial charge in [0, 0.05) is 0 Å². The van der Waals surface area contributed by atoms with Gasteiger partial charge in [-0.2, -0.15) is 0 Å². The van der Waals surface area contributed by atoms with Gasteiger partial charge >= 0.3 is 0 Å². The summed E-state index contributed by atoms with van der Waals surface area (Å²) in [5, 5.41) is 0. The van der Waals surface area contributed by atoms with Crippen molar-refractivity contribution in [3.05, 3.63) is 59.7 Å². The minimum Gasteiger partial charge on any atom is -0.344 e. The minimum absolute atomic E-state index is 0. The van der Waals surface area contributed by atoms with Crippen molar-refractivity contribution in [3.8, 4) is 11.1 Å². The molecule has 0 radical (unpaired) electrons. The van der Waals surface area contributed by atoms with E-state index in [1.807, 2.05) is 0 Å². The summed E-state index contributed by atoms with van der Waals surface area (Å²) in [6.45, 7) is 0. The zero-order valence-electron chi connectivity index (χ0n) is 8.03. The molecule has 1 aliphatic carbocycles. The summed E-state index contributed by atoms with van der Waals surface area (Å²) in [5.41, 5.74) is 5.75. The molecule has 70 valence electrons. The van der Waals surface area contributed by atoms with E-state index in [9.17, 15) is 0 Å². The third-order valence-corrected chi connectivity index (χ3v) is 2.71. The molecule has 14 heavy (non-hydrogen) atoms. The Kier molecular flexibility index (Phi) is 2.10. The quantitative estimate of drug-likeness (QED) is 0.569. The number of hydrogen-bond acceptors (Lipinski definition) is 1. The summed E-state index contributed by atoms with van der Waals surface area (Å²) in [6, 6.07) is 17.3. The zero-order chi connectivity index (χ0) is 8.67. The van der Waals surface area contributed by atoms with Gasteiger partial charge in [-0.15, -0.1) is 0 Å². The van der Waals surface area contributed by atoms with Crippen molar-refractivity contribution in [2.75, 3.05) is 0 Å². The molecule has 3 N–H and O–H groups in total. The third kappa shape index (κ3) is 1.14. The van der Waals surface area contributed by atoms with Crippen LogP contribution in [0, 0.1) is 0 Å². The van der Waals surface area contributed by atoms with Gasteiger partial charge in [0.15, 0.2) is 0 Å². The maximum atomic E-state index is 2.22. The van der Waals surface area contributed by atoms with Gasteiger partial charge in [0.1, 0.15) is 0 Å². The molecule has 3 rings (SSSR count). The number of benzene rings is 2. The first kappa shape index (κ1) is 8.97. The summed E-state index contributed by atoms with van der Waals surface area (Å²) in [4.78, 5) is 0. The van der Waals surface area contributed by atoms with Gasteiger partial charge in [-0.25, -0.2) is 0 Å². The van der Waals surface area contributed by atoms with Crippen LogP contribution in [0.15, 0.2) is 48.5 Å². The summed E-state index contributed by atoms with van der Waals surface area (Å²) >= 11 is 0. The molecule has 0 saturated heterocycles. The van der Waals surface area contributed by atoms with Gasteiger partial charge in [-0.05, 0) is 28.7 Å². The van der Waals surface area contributed by atoms with Crippen molar-refractivity contribution in [2.45, 2.75) is 6.42 Å².